The molecule has 0 fully saturated rings. The molecule has 0 aliphatic heterocycles. The number of aromatic nitrogens is 6. The Morgan fingerprint density at radius 3 is 2.70 bits per heavy atom. The third kappa shape index (κ3) is 4.67. The van der Waals surface area contributed by atoms with Crippen molar-refractivity contribution in [1.82, 2.24) is 34.7 Å². The van der Waals surface area contributed by atoms with Crippen molar-refractivity contribution in [3.63, 3.8) is 0 Å². The van der Waals surface area contributed by atoms with E-state index in [2.05, 4.69) is 32.3 Å². The number of benzene rings is 2. The van der Waals surface area contributed by atoms with Gasteiger partial charge in [0.15, 0.2) is 5.65 Å². The second-order valence-corrected chi connectivity index (χ2v) is 9.50. The summed E-state index contributed by atoms with van der Waals surface area (Å²) in [5.41, 5.74) is 5.98. The van der Waals surface area contributed by atoms with Crippen LogP contribution in [-0.2, 0) is 7.05 Å². The average Bonchev–Trinajstić information content (AvgIpc) is 3.52. The van der Waals surface area contributed by atoms with E-state index in [4.69, 9.17) is 4.98 Å². The fourth-order valence-electron chi connectivity index (χ4n) is 4.74. The molecule has 0 spiro atoms. The highest BCUT2D eigenvalue weighted by atomic mass is 19.1. The van der Waals surface area contributed by atoms with Crippen LogP contribution in [0.5, 0.6) is 0 Å². The van der Waals surface area contributed by atoms with Gasteiger partial charge in [0, 0.05) is 42.2 Å². The highest BCUT2D eigenvalue weighted by Gasteiger charge is 2.23. The molecule has 0 aliphatic rings. The topological polar surface area (TPSA) is 90.0 Å². The summed E-state index contributed by atoms with van der Waals surface area (Å²) in [7, 11) is 1.84. The Morgan fingerprint density at radius 2 is 1.93 bits per heavy atom. The Morgan fingerprint density at radius 1 is 1.10 bits per heavy atom. The first-order valence-corrected chi connectivity index (χ1v) is 12.7. The van der Waals surface area contributed by atoms with Crippen molar-refractivity contribution in [2.24, 2.45) is 7.05 Å². The van der Waals surface area contributed by atoms with Crippen molar-refractivity contribution in [3.8, 4) is 23.0 Å². The number of rotatable bonds is 4. The molecule has 40 heavy (non-hydrogen) atoms. The van der Waals surface area contributed by atoms with Gasteiger partial charge in [0.2, 0.25) is 0 Å². The van der Waals surface area contributed by atoms with Crippen molar-refractivity contribution in [2.45, 2.75) is 19.9 Å². The molecule has 1 N–H and O–H groups in total. The van der Waals surface area contributed by atoms with E-state index in [1.165, 1.54) is 12.1 Å². The van der Waals surface area contributed by atoms with Gasteiger partial charge < -0.3 is 5.32 Å². The molecule has 1 unspecified atom stereocenters. The van der Waals surface area contributed by atoms with Gasteiger partial charge in [0.25, 0.3) is 5.91 Å². The Hall–Kier alpha value is -5.36. The predicted molar refractivity (Wildman–Crippen MR) is 150 cm³/mol. The van der Waals surface area contributed by atoms with Gasteiger partial charge in [-0.15, -0.1) is 0 Å². The smallest absolute Gasteiger partial charge is 0.257 e. The van der Waals surface area contributed by atoms with E-state index in [9.17, 15) is 9.18 Å². The second kappa shape index (κ2) is 10.1. The summed E-state index contributed by atoms with van der Waals surface area (Å²) in [5.74, 6) is 5.76. The van der Waals surface area contributed by atoms with Crippen LogP contribution in [0.1, 0.15) is 45.8 Å². The molecule has 6 rings (SSSR count). The molecule has 2 aromatic carbocycles. The lowest BCUT2D eigenvalue weighted by Crippen LogP contribution is -2.28. The fraction of sp³-hybridized carbons (Fsp3) is 0.129. The van der Waals surface area contributed by atoms with Crippen LogP contribution in [0.2, 0.25) is 0 Å². The number of hydrogen-bond acceptors (Lipinski definition) is 5. The molecule has 4 aromatic heterocycles. The zero-order valence-electron chi connectivity index (χ0n) is 22.1. The molecule has 0 radical (unpaired) electrons. The summed E-state index contributed by atoms with van der Waals surface area (Å²) in [6.45, 7) is 3.65. The van der Waals surface area contributed by atoms with Gasteiger partial charge in [-0.2, -0.15) is 10.2 Å². The first-order valence-electron chi connectivity index (χ1n) is 12.7. The van der Waals surface area contributed by atoms with Crippen LogP contribution >= 0.6 is 0 Å². The van der Waals surface area contributed by atoms with Crippen LogP contribution in [0, 0.1) is 24.6 Å². The molecular formula is C31H24FN7O. The van der Waals surface area contributed by atoms with E-state index in [-0.39, 0.29) is 11.7 Å². The number of carbonyl (C=O) groups excluding carboxylic acids is 1. The van der Waals surface area contributed by atoms with Crippen molar-refractivity contribution >= 4 is 22.5 Å². The molecule has 0 saturated carbocycles. The summed E-state index contributed by atoms with van der Waals surface area (Å²) in [4.78, 5) is 22.8. The SMILES string of the molecule is Cc1nn2cccnc2c1C(=O)NC(C)c1nc2cccc(C#Cc3cnn(C)c3)c2cc1-c1ccc(F)cc1. The zero-order chi connectivity index (χ0) is 27.8. The van der Waals surface area contributed by atoms with Crippen molar-refractivity contribution < 1.29 is 9.18 Å². The highest BCUT2D eigenvalue weighted by molar-refractivity contribution is 6.01. The lowest BCUT2D eigenvalue weighted by atomic mass is 9.96. The van der Waals surface area contributed by atoms with E-state index in [0.717, 1.165) is 33.2 Å². The molecule has 6 aromatic rings. The monoisotopic (exact) mass is 529 g/mol. The third-order valence-corrected chi connectivity index (χ3v) is 6.65. The van der Waals surface area contributed by atoms with E-state index >= 15 is 0 Å². The predicted octanol–water partition coefficient (Wildman–Crippen LogP) is 5.02. The molecule has 1 atom stereocenters. The van der Waals surface area contributed by atoms with E-state index in [0.29, 0.717) is 22.6 Å². The van der Waals surface area contributed by atoms with Crippen LogP contribution in [0.15, 0.2) is 79.4 Å². The maximum atomic E-state index is 13.8. The van der Waals surface area contributed by atoms with Gasteiger partial charge >= 0.3 is 0 Å². The van der Waals surface area contributed by atoms with Crippen LogP contribution < -0.4 is 5.32 Å². The molecule has 4 heterocycles. The quantitative estimate of drug-likeness (QED) is 0.324. The minimum Gasteiger partial charge on any atom is -0.344 e. The number of fused-ring (bicyclic) bond motifs is 2. The fourth-order valence-corrected chi connectivity index (χ4v) is 4.74. The maximum Gasteiger partial charge on any atom is 0.257 e. The molecule has 0 bridgehead atoms. The van der Waals surface area contributed by atoms with Gasteiger partial charge in [0.05, 0.1) is 34.7 Å². The van der Waals surface area contributed by atoms with Crippen LogP contribution in [-0.4, -0.2) is 35.3 Å². The van der Waals surface area contributed by atoms with Crippen LogP contribution in [0.25, 0.3) is 27.7 Å². The number of aryl methyl sites for hydroxylation is 2. The summed E-state index contributed by atoms with van der Waals surface area (Å²) in [6.07, 6.45) is 6.94. The van der Waals surface area contributed by atoms with Gasteiger partial charge in [-0.25, -0.2) is 18.9 Å². The summed E-state index contributed by atoms with van der Waals surface area (Å²) in [5, 5.41) is 12.5. The number of amides is 1. The van der Waals surface area contributed by atoms with Gasteiger partial charge in [0.1, 0.15) is 11.4 Å². The largest absolute Gasteiger partial charge is 0.344 e. The Labute approximate surface area is 229 Å². The number of hydrogen-bond donors (Lipinski definition) is 1. The van der Waals surface area contributed by atoms with E-state index in [1.807, 2.05) is 44.4 Å². The van der Waals surface area contributed by atoms with Crippen LogP contribution in [0.3, 0.4) is 0 Å². The second-order valence-electron chi connectivity index (χ2n) is 9.50. The highest BCUT2D eigenvalue weighted by Crippen LogP contribution is 2.32. The molecule has 0 aliphatic carbocycles. The molecule has 9 heteroatoms. The number of nitrogens with zero attached hydrogens (tertiary/aromatic N) is 6. The minimum atomic E-state index is -0.486. The lowest BCUT2D eigenvalue weighted by molar-refractivity contribution is 0.0940. The summed E-state index contributed by atoms with van der Waals surface area (Å²) >= 11 is 0. The van der Waals surface area contributed by atoms with E-state index in [1.54, 1.807) is 52.9 Å². The average molecular weight is 530 g/mol. The van der Waals surface area contributed by atoms with E-state index < -0.39 is 6.04 Å². The van der Waals surface area contributed by atoms with Crippen molar-refractivity contribution in [3.05, 3.63) is 113 Å². The summed E-state index contributed by atoms with van der Waals surface area (Å²) in [6, 6.07) is 15.3. The third-order valence-electron chi connectivity index (χ3n) is 6.65. The zero-order valence-corrected chi connectivity index (χ0v) is 22.1. The Bertz CT molecular complexity index is 1960. The number of halogens is 1. The number of pyridine rings is 1. The Balaban J connectivity index is 1.44. The van der Waals surface area contributed by atoms with Gasteiger partial charge in [-0.1, -0.05) is 30.0 Å². The van der Waals surface area contributed by atoms with Gasteiger partial charge in [-0.3, -0.25) is 9.48 Å². The lowest BCUT2D eigenvalue weighted by Gasteiger charge is -2.19. The van der Waals surface area contributed by atoms with Gasteiger partial charge in [-0.05, 0) is 55.8 Å². The molecular weight excluding hydrogens is 505 g/mol. The first-order chi connectivity index (χ1) is 19.4. The molecule has 0 saturated heterocycles. The maximum absolute atomic E-state index is 13.8. The molecule has 8 nitrogen and oxygen atoms in total. The summed E-state index contributed by atoms with van der Waals surface area (Å²) < 4.78 is 17.1. The number of nitrogens with one attached hydrogen (secondary N) is 1. The normalized spacial score (nSPS) is 11.8. The Kier molecular flexibility index (Phi) is 6.28. The standard InChI is InChI=1S/C31H24FN7O/c1-19-28(30-33-14-5-15-39(30)37-19)31(40)35-20(2)29-26(23-10-12-24(32)13-11-23)16-25-22(6-4-7-27(25)36-29)9-8-21-17-34-38(3)18-21/h4-7,10-18,20H,1-3H3,(H,35,40). The first kappa shape index (κ1) is 24.9. The molecule has 1 amide bonds. The van der Waals surface area contributed by atoms with Crippen molar-refractivity contribution in [2.75, 3.05) is 0 Å². The minimum absolute atomic E-state index is 0.304. The van der Waals surface area contributed by atoms with Crippen molar-refractivity contribution in [1.29, 1.82) is 0 Å². The number of carbonyl (C=O) groups is 1. The van der Waals surface area contributed by atoms with Crippen LogP contribution in [0.4, 0.5) is 4.39 Å². The molecule has 196 valence electrons.